The zero-order chi connectivity index (χ0) is 82.0. The van der Waals surface area contributed by atoms with Gasteiger partial charge in [-0.1, -0.05) is 143 Å². The lowest BCUT2D eigenvalue weighted by molar-refractivity contribution is -0.924. The normalized spacial score (nSPS) is 17.6. The Morgan fingerprint density at radius 2 is 0.488 bits per heavy atom. The third kappa shape index (κ3) is 6.14. The van der Waals surface area contributed by atoms with Crippen molar-refractivity contribution in [3.63, 3.8) is 0 Å². The van der Waals surface area contributed by atoms with E-state index >= 15 is 0 Å². The van der Waals surface area contributed by atoms with Gasteiger partial charge in [0, 0.05) is 84.5 Å². The number of thiophene rings is 3. The summed E-state index contributed by atoms with van der Waals surface area (Å²) in [7, 11) is 0. The van der Waals surface area contributed by atoms with E-state index in [4.69, 9.17) is 24.2 Å². The number of hydrogen-bond donors (Lipinski definition) is 0. The first-order chi connectivity index (χ1) is 64.1. The van der Waals surface area contributed by atoms with E-state index in [0.717, 1.165) is 56.6 Å². The van der Waals surface area contributed by atoms with Gasteiger partial charge in [-0.05, 0) is 174 Å². The Kier molecular flexibility index (Phi) is 9.93. The molecule has 0 radical (unpaired) electrons. The average Bonchev–Trinajstić information content (AvgIpc) is 1.46. The van der Waals surface area contributed by atoms with E-state index in [0.29, 0.717) is 0 Å². The third-order valence-electron chi connectivity index (χ3n) is 31.2. The quantitative estimate of drug-likeness (QED) is 0.111. The number of imidazole rings is 6. The first kappa shape index (κ1) is 63.4. The highest BCUT2D eigenvalue weighted by molar-refractivity contribution is 7.17. The van der Waals surface area contributed by atoms with Crippen LogP contribution in [0.25, 0.3) is 228 Å². The maximum atomic E-state index is 6.93. The Labute approximate surface area is 733 Å². The molecule has 0 saturated carbocycles. The van der Waals surface area contributed by atoms with Crippen molar-refractivity contribution in [3.05, 3.63) is 347 Å². The first-order valence-electron chi connectivity index (χ1n) is 43.8. The van der Waals surface area contributed by atoms with Gasteiger partial charge in [-0.15, -0.1) is 0 Å². The molecular weight excluding hydrogens is 1650 g/mol. The number of rotatable bonds is 0. The molecule has 17 nitrogen and oxygen atoms in total. The summed E-state index contributed by atoms with van der Waals surface area (Å²) in [5.74, 6) is 5.57. The number of fused-ring (bicyclic) bond motifs is 36. The fourth-order valence-electron chi connectivity index (χ4n) is 27.3. The smallest absolute Gasteiger partial charge is 0.316 e. The summed E-state index contributed by atoms with van der Waals surface area (Å²) in [6, 6.07) is 104. The number of ether oxygens (including phenoxy) is 3. The molecule has 9 aliphatic heterocycles. The number of para-hydroxylation sites is 10. The van der Waals surface area contributed by atoms with E-state index in [1.807, 2.05) is 23.7 Å². The SMILES string of the molecule is c1ccc2c(c1)c1ccc3c4c1c1n2c2ccccc2[n+]1C41c2c(ccc4c5ccccc5n5c6sccc6[n+]1c5c24)O3.c1ccc2c(c1)c1ccc3c4c1c1n2c2ccccc2[n+]1C41c2c(ccc4c5cccnc5n5c6sccc6[n+]1c5c24)O3.c1ccc2c(c1)c1ccc3c4c1c1n2c2ccccc2[n+]1C41c2c(ccc4c5ncccc5n5c6sccc6[n+]1c5c24)O3. The van der Waals surface area contributed by atoms with Crippen molar-refractivity contribution in [2.24, 2.45) is 0 Å². The molecule has 129 heavy (non-hydrogen) atoms. The van der Waals surface area contributed by atoms with Crippen LogP contribution in [-0.4, -0.2) is 36.4 Å². The Hall–Kier alpha value is -16.5. The molecule has 0 N–H and O–H groups in total. The first-order valence-corrected chi connectivity index (χ1v) is 46.5. The maximum absolute atomic E-state index is 6.93. The molecule has 39 rings (SSSR count). The molecule has 0 amide bonds. The predicted octanol–water partition coefficient (Wildman–Crippen LogP) is 22.1. The lowest BCUT2D eigenvalue weighted by atomic mass is 9.85. The summed E-state index contributed by atoms with van der Waals surface area (Å²) in [5.41, 5.74) is 31.7. The second-order valence-corrected chi connectivity index (χ2v) is 38.8. The van der Waals surface area contributed by atoms with Crippen LogP contribution in [0.4, 0.5) is 0 Å². The van der Waals surface area contributed by atoms with Gasteiger partial charge >= 0.3 is 50.9 Å². The highest BCUT2D eigenvalue weighted by atomic mass is 32.1. The molecule has 30 aromatic rings. The van der Waals surface area contributed by atoms with E-state index in [9.17, 15) is 0 Å². The minimum absolute atomic E-state index is 0.635. The second kappa shape index (κ2) is 20.2. The summed E-state index contributed by atoms with van der Waals surface area (Å²) in [6.45, 7) is 0. The van der Waals surface area contributed by atoms with E-state index < -0.39 is 17.0 Å². The van der Waals surface area contributed by atoms with Crippen molar-refractivity contribution >= 4 is 262 Å². The molecule has 17 aromatic heterocycles. The monoisotopic (exact) mass is 1700 g/mol. The number of benzene rings is 13. The summed E-state index contributed by atoms with van der Waals surface area (Å²) in [4.78, 5) is 13.7. The molecule has 9 aliphatic rings. The highest BCUT2D eigenvalue weighted by Gasteiger charge is 2.72. The molecule has 588 valence electrons. The van der Waals surface area contributed by atoms with Crippen LogP contribution in [0.3, 0.4) is 0 Å². The zero-order valence-electron chi connectivity index (χ0n) is 67.2. The lowest BCUT2D eigenvalue weighted by Crippen LogP contribution is -2.71. The van der Waals surface area contributed by atoms with E-state index in [1.165, 1.54) is 240 Å². The lowest BCUT2D eigenvalue weighted by Gasteiger charge is -2.30. The number of hydrogen-bond acceptors (Lipinski definition) is 8. The molecule has 20 heteroatoms. The van der Waals surface area contributed by atoms with Gasteiger partial charge in [0.2, 0.25) is 20.1 Å². The van der Waals surface area contributed by atoms with Crippen LogP contribution >= 0.6 is 34.0 Å². The van der Waals surface area contributed by atoms with Gasteiger partial charge in [0.05, 0.1) is 37.7 Å². The van der Waals surface area contributed by atoms with Gasteiger partial charge in [0.25, 0.3) is 0 Å². The molecule has 13 aromatic carbocycles. The number of nitrogens with zero attached hydrogens (tertiary/aromatic N) is 14. The minimum atomic E-state index is -0.663. The Morgan fingerprint density at radius 3 is 0.884 bits per heavy atom. The van der Waals surface area contributed by atoms with Crippen molar-refractivity contribution in [2.75, 3.05) is 0 Å². The maximum Gasteiger partial charge on any atom is 0.316 e. The molecule has 0 bridgehead atoms. The topological polar surface area (TPSA) is 103 Å². The van der Waals surface area contributed by atoms with Crippen molar-refractivity contribution in [1.82, 2.24) is 36.4 Å². The second-order valence-electron chi connectivity index (χ2n) is 36.1. The molecule has 0 fully saturated rings. The summed E-state index contributed by atoms with van der Waals surface area (Å²) < 4.78 is 51.4. The van der Waals surface area contributed by atoms with E-state index in [-0.39, 0.29) is 0 Å². The van der Waals surface area contributed by atoms with E-state index in [1.54, 1.807) is 22.7 Å². The van der Waals surface area contributed by atoms with Gasteiger partial charge in [0.15, 0.2) is 55.2 Å². The van der Waals surface area contributed by atoms with Crippen molar-refractivity contribution < 1.29 is 41.6 Å². The summed E-state index contributed by atoms with van der Waals surface area (Å²) in [6.07, 6.45) is 3.83. The van der Waals surface area contributed by atoms with Crippen molar-refractivity contribution in [3.8, 4) is 34.5 Å². The van der Waals surface area contributed by atoms with Gasteiger partial charge in [0.1, 0.15) is 95.5 Å². The van der Waals surface area contributed by atoms with Gasteiger partial charge < -0.3 is 14.2 Å². The molecule has 3 spiro atoms. The standard InChI is InChI=1S/C37H18N4OS.2C36H17N5OS/c1-3-9-23-19(7-1)21-13-15-28-32-30(21)34-38(23)25-11-5-6-12-26(25)40(34)37(32)33-29(42-28)16-14-22-20-8-2-4-10-24(20)39-35(31(22)33)41(37)27-17-18-43-36(27)39;1-2-8-22-18(6-1)19-11-13-26-30-28(19)33-38(22)23-9-3-4-10-24(23)40(33)36(30)31-27(42-26)14-12-20-21-7-5-16-37-32(21)39-34(29(20)31)41(36)25-15-17-43-35(25)39;1-2-7-21-18(6-1)19-11-13-26-30-28(19)33-38(21)22-8-3-4-9-23(22)40(33)36(30)31-27(42-26)14-12-20-29(31)34-39(24-10-5-16-37-32(20)24)35-25(41(34)36)15-17-43-35/h1-18H;2*1-17H/q3*+2. The van der Waals surface area contributed by atoms with Crippen LogP contribution in [0.5, 0.6) is 34.5 Å². The zero-order valence-corrected chi connectivity index (χ0v) is 69.7. The molecular formula is C109H52N14O3S3+6. The van der Waals surface area contributed by atoms with E-state index in [2.05, 4.69) is 355 Å². The largest absolute Gasteiger partial charge is 0.456 e. The van der Waals surface area contributed by atoms with Crippen LogP contribution in [0.2, 0.25) is 0 Å². The third-order valence-corrected chi connectivity index (χ3v) is 33.8. The van der Waals surface area contributed by atoms with Gasteiger partial charge in [-0.25, -0.2) is 4.98 Å². The Bertz CT molecular complexity index is 10200. The van der Waals surface area contributed by atoms with Crippen molar-refractivity contribution in [2.45, 2.75) is 17.0 Å². The van der Waals surface area contributed by atoms with Gasteiger partial charge in [-0.3, -0.25) is 4.98 Å². The summed E-state index contributed by atoms with van der Waals surface area (Å²) in [5, 5.41) is 27.9. The van der Waals surface area contributed by atoms with Crippen molar-refractivity contribution in [1.29, 1.82) is 0 Å². The molecule has 0 aliphatic carbocycles. The average molecular weight is 1700 g/mol. The van der Waals surface area contributed by atoms with Gasteiger partial charge in [-0.2, -0.15) is 53.8 Å². The molecule has 3 unspecified atom stereocenters. The van der Waals surface area contributed by atoms with Crippen LogP contribution in [0, 0.1) is 0 Å². The minimum Gasteiger partial charge on any atom is -0.456 e. The number of pyridine rings is 8. The fourth-order valence-corrected chi connectivity index (χ4v) is 30.0. The van der Waals surface area contributed by atoms with Crippen LogP contribution in [0.1, 0.15) is 33.4 Å². The van der Waals surface area contributed by atoms with Crippen LogP contribution in [-0.2, 0) is 17.0 Å². The van der Waals surface area contributed by atoms with Crippen LogP contribution < -0.4 is 41.6 Å². The number of aromatic nitrogens is 14. The molecule has 3 atom stereocenters. The Morgan fingerprint density at radius 1 is 0.217 bits per heavy atom. The molecule has 26 heterocycles. The highest BCUT2D eigenvalue weighted by Crippen LogP contribution is 2.65. The summed E-state index contributed by atoms with van der Waals surface area (Å²) >= 11 is 5.41. The predicted molar refractivity (Wildman–Crippen MR) is 505 cm³/mol. The van der Waals surface area contributed by atoms with Crippen LogP contribution in [0.15, 0.2) is 314 Å². The fraction of sp³-hybridized carbons (Fsp3) is 0.0275. The molecule has 0 saturated heterocycles. The Balaban J connectivity index is 0.0000000833.